The first-order chi connectivity index (χ1) is 7.85. The fourth-order valence-corrected chi connectivity index (χ4v) is 2.07. The molecule has 0 saturated heterocycles. The molecule has 0 heteroatoms. The summed E-state index contributed by atoms with van der Waals surface area (Å²) in [6.45, 7) is 6.87. The lowest BCUT2D eigenvalue weighted by molar-refractivity contribution is 0.517. The Labute approximate surface area is 104 Å². The maximum absolute atomic E-state index is 2.47. The predicted molar refractivity (Wildman–Crippen MR) is 75.8 cm³/mol. The second kappa shape index (κ2) is 12.8. The van der Waals surface area contributed by atoms with E-state index in [0.717, 1.165) is 5.92 Å². The molecule has 0 spiro atoms. The van der Waals surface area contributed by atoms with Gasteiger partial charge in [-0.3, -0.25) is 0 Å². The van der Waals surface area contributed by atoms with Crippen molar-refractivity contribution in [1.82, 2.24) is 0 Å². The van der Waals surface area contributed by atoms with Gasteiger partial charge in [0, 0.05) is 0 Å². The lowest BCUT2D eigenvalue weighted by Gasteiger charge is -2.09. The average molecular weight is 224 g/mol. The lowest BCUT2D eigenvalue weighted by Crippen LogP contribution is -1.94. The van der Waals surface area contributed by atoms with Crippen molar-refractivity contribution in [3.05, 3.63) is 12.2 Å². The van der Waals surface area contributed by atoms with Crippen molar-refractivity contribution in [2.45, 2.75) is 85.0 Å². The number of rotatable bonds is 11. The van der Waals surface area contributed by atoms with Gasteiger partial charge in [0.25, 0.3) is 0 Å². The summed E-state index contributed by atoms with van der Waals surface area (Å²) in [7, 11) is 0. The lowest BCUT2D eigenvalue weighted by atomic mass is 9.97. The Morgan fingerprint density at radius 1 is 0.812 bits per heavy atom. The van der Waals surface area contributed by atoms with Crippen molar-refractivity contribution < 1.29 is 0 Å². The van der Waals surface area contributed by atoms with Crippen molar-refractivity contribution >= 4 is 0 Å². The molecule has 96 valence electrons. The van der Waals surface area contributed by atoms with E-state index >= 15 is 0 Å². The molecule has 0 amide bonds. The fourth-order valence-electron chi connectivity index (χ4n) is 2.07. The summed E-state index contributed by atoms with van der Waals surface area (Å²) in [5.41, 5.74) is 0. The van der Waals surface area contributed by atoms with Crippen LogP contribution in [-0.2, 0) is 0 Å². The molecular weight excluding hydrogens is 192 g/mol. The largest absolute Gasteiger partial charge is 0.0883 e. The maximum Gasteiger partial charge on any atom is -0.0236 e. The molecule has 0 radical (unpaired) electrons. The van der Waals surface area contributed by atoms with Crippen molar-refractivity contribution in [1.29, 1.82) is 0 Å². The van der Waals surface area contributed by atoms with Crippen molar-refractivity contribution in [3.8, 4) is 0 Å². The Bertz CT molecular complexity index is 146. The molecule has 0 nitrogen and oxygen atoms in total. The monoisotopic (exact) mass is 224 g/mol. The van der Waals surface area contributed by atoms with Crippen LogP contribution < -0.4 is 0 Å². The van der Waals surface area contributed by atoms with Crippen LogP contribution in [-0.4, -0.2) is 0 Å². The van der Waals surface area contributed by atoms with Crippen LogP contribution in [0.3, 0.4) is 0 Å². The Hall–Kier alpha value is -0.260. The highest BCUT2D eigenvalue weighted by molar-refractivity contribution is 4.87. The third-order valence-corrected chi connectivity index (χ3v) is 3.34. The van der Waals surface area contributed by atoms with E-state index in [1.807, 2.05) is 0 Å². The van der Waals surface area contributed by atoms with Gasteiger partial charge in [0.05, 0.1) is 0 Å². The molecule has 0 aliphatic carbocycles. The van der Waals surface area contributed by atoms with Crippen LogP contribution >= 0.6 is 0 Å². The fraction of sp³-hybridized carbons (Fsp3) is 0.875. The summed E-state index contributed by atoms with van der Waals surface area (Å²) < 4.78 is 0. The van der Waals surface area contributed by atoms with Gasteiger partial charge in [-0.2, -0.15) is 0 Å². The first-order valence-corrected chi connectivity index (χ1v) is 7.51. The van der Waals surface area contributed by atoms with Gasteiger partial charge in [0.15, 0.2) is 0 Å². The van der Waals surface area contributed by atoms with E-state index in [4.69, 9.17) is 0 Å². The average Bonchev–Trinajstić information content (AvgIpc) is 2.31. The van der Waals surface area contributed by atoms with Gasteiger partial charge in [-0.15, -0.1) is 0 Å². The van der Waals surface area contributed by atoms with Crippen LogP contribution in [0.4, 0.5) is 0 Å². The normalized spacial score (nSPS) is 13.4. The summed E-state index contributed by atoms with van der Waals surface area (Å²) >= 11 is 0. The minimum atomic E-state index is 0.846. The molecule has 0 bridgehead atoms. The van der Waals surface area contributed by atoms with E-state index in [0.29, 0.717) is 0 Å². The van der Waals surface area contributed by atoms with Gasteiger partial charge in [0.2, 0.25) is 0 Å². The van der Waals surface area contributed by atoms with Gasteiger partial charge in [-0.1, -0.05) is 71.4 Å². The number of unbranched alkanes of at least 4 members (excludes halogenated alkanes) is 6. The highest BCUT2D eigenvalue weighted by Gasteiger charge is 2.00. The summed E-state index contributed by atoms with van der Waals surface area (Å²) in [5.74, 6) is 0.846. The van der Waals surface area contributed by atoms with Crippen LogP contribution in [0, 0.1) is 5.92 Å². The Balaban J connectivity index is 3.49. The van der Waals surface area contributed by atoms with Crippen LogP contribution in [0.25, 0.3) is 0 Å². The Kier molecular flexibility index (Phi) is 12.6. The second-order valence-electron chi connectivity index (χ2n) is 4.94. The summed E-state index contributed by atoms with van der Waals surface area (Å²) in [6, 6.07) is 0. The highest BCUT2D eigenvalue weighted by Crippen LogP contribution is 2.16. The molecule has 0 aliphatic heterocycles. The van der Waals surface area contributed by atoms with Crippen LogP contribution in [0.1, 0.15) is 85.0 Å². The molecule has 0 aromatic rings. The second-order valence-corrected chi connectivity index (χ2v) is 4.94. The highest BCUT2D eigenvalue weighted by atomic mass is 14.1. The van der Waals surface area contributed by atoms with E-state index in [2.05, 4.69) is 32.9 Å². The number of hydrogen-bond acceptors (Lipinski definition) is 0. The van der Waals surface area contributed by atoms with E-state index in [1.165, 1.54) is 64.2 Å². The van der Waals surface area contributed by atoms with Gasteiger partial charge in [-0.25, -0.2) is 0 Å². The topological polar surface area (TPSA) is 0 Å². The molecule has 0 saturated carbocycles. The van der Waals surface area contributed by atoms with Crippen molar-refractivity contribution in [2.24, 2.45) is 5.92 Å². The summed E-state index contributed by atoms with van der Waals surface area (Å²) in [5, 5.41) is 0. The quantitative estimate of drug-likeness (QED) is 0.293. The molecule has 1 unspecified atom stereocenters. The third-order valence-electron chi connectivity index (χ3n) is 3.34. The Morgan fingerprint density at radius 2 is 1.50 bits per heavy atom. The van der Waals surface area contributed by atoms with Gasteiger partial charge in [0.1, 0.15) is 0 Å². The molecule has 0 aliphatic rings. The smallest absolute Gasteiger partial charge is 0.0236 e. The van der Waals surface area contributed by atoms with Crippen LogP contribution in [0.2, 0.25) is 0 Å². The standard InChI is InChI=1S/C16H32/c1-4-7-9-11-13-15-16(6-3)14-12-10-8-5-2/h13,15-16H,4-12,14H2,1-3H3. The maximum atomic E-state index is 2.47. The van der Waals surface area contributed by atoms with E-state index in [-0.39, 0.29) is 0 Å². The van der Waals surface area contributed by atoms with Crippen LogP contribution in [0.15, 0.2) is 12.2 Å². The van der Waals surface area contributed by atoms with Crippen molar-refractivity contribution in [3.63, 3.8) is 0 Å². The third kappa shape index (κ3) is 10.3. The molecule has 0 heterocycles. The summed E-state index contributed by atoms with van der Waals surface area (Å²) in [4.78, 5) is 0. The SMILES string of the molecule is CCCCCC=CC(CC)CCCCCC. The molecule has 1 atom stereocenters. The molecule has 0 N–H and O–H groups in total. The molecule has 0 rings (SSSR count). The first kappa shape index (κ1) is 15.7. The number of allylic oxidation sites excluding steroid dienone is 2. The molecule has 16 heavy (non-hydrogen) atoms. The predicted octanol–water partition coefficient (Wildman–Crippen LogP) is 6.12. The van der Waals surface area contributed by atoms with E-state index in [1.54, 1.807) is 0 Å². The molecular formula is C16H32. The Morgan fingerprint density at radius 3 is 2.12 bits per heavy atom. The zero-order chi connectivity index (χ0) is 12.1. The number of hydrogen-bond donors (Lipinski definition) is 0. The van der Waals surface area contributed by atoms with Gasteiger partial charge in [-0.05, 0) is 31.6 Å². The first-order valence-electron chi connectivity index (χ1n) is 7.51. The van der Waals surface area contributed by atoms with Crippen molar-refractivity contribution in [2.75, 3.05) is 0 Å². The molecule has 0 fully saturated rings. The zero-order valence-corrected chi connectivity index (χ0v) is 11.8. The summed E-state index contributed by atoms with van der Waals surface area (Å²) in [6.07, 6.45) is 18.6. The molecule has 0 aromatic heterocycles. The minimum absolute atomic E-state index is 0.846. The van der Waals surface area contributed by atoms with E-state index < -0.39 is 0 Å². The molecule has 0 aromatic carbocycles. The van der Waals surface area contributed by atoms with Gasteiger partial charge >= 0.3 is 0 Å². The van der Waals surface area contributed by atoms with E-state index in [9.17, 15) is 0 Å². The zero-order valence-electron chi connectivity index (χ0n) is 11.8. The minimum Gasteiger partial charge on any atom is -0.0883 e. The van der Waals surface area contributed by atoms with Gasteiger partial charge < -0.3 is 0 Å². The van der Waals surface area contributed by atoms with Crippen LogP contribution in [0.5, 0.6) is 0 Å².